The lowest BCUT2D eigenvalue weighted by molar-refractivity contribution is 0.204. The molecular formula is C19H23FN2O4S2. The van der Waals surface area contributed by atoms with Crippen molar-refractivity contribution in [2.24, 2.45) is 0 Å². The van der Waals surface area contributed by atoms with Gasteiger partial charge in [0.15, 0.2) is 0 Å². The lowest BCUT2D eigenvalue weighted by Crippen LogP contribution is -2.47. The highest BCUT2D eigenvalue weighted by Crippen LogP contribution is 2.30. The molecule has 2 aromatic rings. The van der Waals surface area contributed by atoms with Gasteiger partial charge in [0, 0.05) is 17.8 Å². The van der Waals surface area contributed by atoms with Crippen LogP contribution in [0, 0.1) is 5.82 Å². The number of anilines is 1. The van der Waals surface area contributed by atoms with Crippen molar-refractivity contribution < 1.29 is 21.2 Å². The van der Waals surface area contributed by atoms with E-state index in [-0.39, 0.29) is 22.7 Å². The molecule has 1 aliphatic rings. The van der Waals surface area contributed by atoms with E-state index >= 15 is 0 Å². The maximum atomic E-state index is 13.8. The predicted octanol–water partition coefficient (Wildman–Crippen LogP) is 3.58. The minimum Gasteiger partial charge on any atom is -0.280 e. The van der Waals surface area contributed by atoms with E-state index in [0.29, 0.717) is 0 Å². The molecule has 6 nitrogen and oxygen atoms in total. The molecular weight excluding hydrogens is 403 g/mol. The molecule has 1 saturated heterocycles. The molecule has 2 unspecified atom stereocenters. The molecule has 9 heteroatoms. The molecule has 2 atom stereocenters. The molecule has 0 amide bonds. The Morgan fingerprint density at radius 2 is 1.50 bits per heavy atom. The highest BCUT2D eigenvalue weighted by Gasteiger charge is 2.35. The zero-order valence-corrected chi connectivity index (χ0v) is 17.3. The van der Waals surface area contributed by atoms with Gasteiger partial charge < -0.3 is 0 Å². The van der Waals surface area contributed by atoms with Crippen molar-refractivity contribution in [3.05, 3.63) is 54.3 Å². The second-order valence-corrected chi connectivity index (χ2v) is 10.5. The van der Waals surface area contributed by atoms with Crippen molar-refractivity contribution >= 4 is 25.7 Å². The molecule has 0 spiro atoms. The number of hydrogen-bond acceptors (Lipinski definition) is 4. The summed E-state index contributed by atoms with van der Waals surface area (Å²) in [5.41, 5.74) is 0.155. The topological polar surface area (TPSA) is 83.6 Å². The Morgan fingerprint density at radius 3 is 2.07 bits per heavy atom. The molecule has 1 fully saturated rings. The fraction of sp³-hybridized carbons (Fsp3) is 0.368. The fourth-order valence-electron chi connectivity index (χ4n) is 3.56. The molecule has 0 bridgehead atoms. The zero-order chi connectivity index (χ0) is 20.5. The summed E-state index contributed by atoms with van der Waals surface area (Å²) in [6.45, 7) is 3.79. The molecule has 1 N–H and O–H groups in total. The van der Waals surface area contributed by atoms with Gasteiger partial charge in [-0.15, -0.1) is 0 Å². The summed E-state index contributed by atoms with van der Waals surface area (Å²) in [4.78, 5) is -0.371. The standard InChI is InChI=1S/C19H23FN2O4S2/c1-14-6-5-7-15(2)22(14)28(25,26)17-12-10-16(11-13-17)21-27(23,24)19-9-4-3-8-18(19)20/h3-4,8-15,21H,5-7H2,1-2H3. The van der Waals surface area contributed by atoms with Crippen LogP contribution in [0.2, 0.25) is 0 Å². The molecule has 152 valence electrons. The number of benzene rings is 2. The van der Waals surface area contributed by atoms with Crippen LogP contribution < -0.4 is 4.72 Å². The van der Waals surface area contributed by atoms with E-state index in [2.05, 4.69) is 4.72 Å². The number of sulfonamides is 2. The Hall–Kier alpha value is -1.97. The smallest absolute Gasteiger partial charge is 0.264 e. The van der Waals surface area contributed by atoms with E-state index in [9.17, 15) is 21.2 Å². The van der Waals surface area contributed by atoms with Gasteiger partial charge in [0.2, 0.25) is 10.0 Å². The van der Waals surface area contributed by atoms with Crippen molar-refractivity contribution in [1.29, 1.82) is 0 Å². The van der Waals surface area contributed by atoms with Crippen LogP contribution in [0.4, 0.5) is 10.1 Å². The van der Waals surface area contributed by atoms with E-state index < -0.39 is 30.8 Å². The molecule has 0 aromatic heterocycles. The summed E-state index contributed by atoms with van der Waals surface area (Å²) in [6, 6.07) is 10.3. The summed E-state index contributed by atoms with van der Waals surface area (Å²) >= 11 is 0. The number of hydrogen-bond donors (Lipinski definition) is 1. The van der Waals surface area contributed by atoms with Crippen molar-refractivity contribution in [3.63, 3.8) is 0 Å². The number of nitrogens with one attached hydrogen (secondary N) is 1. The summed E-state index contributed by atoms with van der Waals surface area (Å²) in [5.74, 6) is -0.859. The Labute approximate surface area is 165 Å². The molecule has 1 heterocycles. The minimum absolute atomic E-state index is 0.0898. The van der Waals surface area contributed by atoms with Crippen LogP contribution >= 0.6 is 0 Å². The second-order valence-electron chi connectivity index (χ2n) is 7.02. The number of nitrogens with zero attached hydrogens (tertiary/aromatic N) is 1. The first-order chi connectivity index (χ1) is 13.1. The lowest BCUT2D eigenvalue weighted by Gasteiger charge is -2.37. The quantitative estimate of drug-likeness (QED) is 0.792. The number of rotatable bonds is 5. The fourth-order valence-corrected chi connectivity index (χ4v) is 6.58. The summed E-state index contributed by atoms with van der Waals surface area (Å²) in [5, 5.41) is 0. The van der Waals surface area contributed by atoms with Gasteiger partial charge in [-0.05, 0) is 63.1 Å². The normalized spacial score (nSPS) is 21.4. The van der Waals surface area contributed by atoms with Gasteiger partial charge in [-0.1, -0.05) is 18.6 Å². The van der Waals surface area contributed by atoms with Gasteiger partial charge in [0.1, 0.15) is 10.7 Å². The first kappa shape index (κ1) is 20.8. The zero-order valence-electron chi connectivity index (χ0n) is 15.7. The minimum atomic E-state index is -4.12. The van der Waals surface area contributed by atoms with Gasteiger partial charge in [-0.25, -0.2) is 21.2 Å². The molecule has 28 heavy (non-hydrogen) atoms. The first-order valence-corrected chi connectivity index (χ1v) is 12.0. The van der Waals surface area contributed by atoms with Crippen LogP contribution in [0.5, 0.6) is 0 Å². The lowest BCUT2D eigenvalue weighted by atomic mass is 10.0. The molecule has 0 radical (unpaired) electrons. The number of piperidine rings is 1. The van der Waals surface area contributed by atoms with Crippen LogP contribution in [0.3, 0.4) is 0 Å². The molecule has 1 aliphatic heterocycles. The van der Waals surface area contributed by atoms with E-state index in [4.69, 9.17) is 0 Å². The van der Waals surface area contributed by atoms with Gasteiger partial charge in [-0.3, -0.25) is 4.72 Å². The van der Waals surface area contributed by atoms with E-state index in [0.717, 1.165) is 31.4 Å². The van der Waals surface area contributed by atoms with Crippen LogP contribution in [0.15, 0.2) is 58.3 Å². The molecule has 3 rings (SSSR count). The Kier molecular flexibility index (Phi) is 5.79. The average Bonchev–Trinajstić information content (AvgIpc) is 2.61. The Balaban J connectivity index is 1.85. The van der Waals surface area contributed by atoms with Gasteiger partial charge in [0.05, 0.1) is 4.90 Å². The Morgan fingerprint density at radius 1 is 0.929 bits per heavy atom. The third-order valence-electron chi connectivity index (χ3n) is 4.92. The monoisotopic (exact) mass is 426 g/mol. The van der Waals surface area contributed by atoms with Crippen molar-refractivity contribution in [2.75, 3.05) is 4.72 Å². The van der Waals surface area contributed by atoms with E-state index in [1.807, 2.05) is 13.8 Å². The SMILES string of the molecule is CC1CCCC(C)N1S(=O)(=O)c1ccc(NS(=O)(=O)c2ccccc2F)cc1. The van der Waals surface area contributed by atoms with Crippen LogP contribution in [-0.2, 0) is 20.0 Å². The average molecular weight is 427 g/mol. The van der Waals surface area contributed by atoms with E-state index in [1.54, 1.807) is 0 Å². The van der Waals surface area contributed by atoms with Gasteiger partial charge in [-0.2, -0.15) is 4.31 Å². The highest BCUT2D eigenvalue weighted by atomic mass is 32.2. The van der Waals surface area contributed by atoms with Crippen molar-refractivity contribution in [2.45, 2.75) is 55.0 Å². The highest BCUT2D eigenvalue weighted by molar-refractivity contribution is 7.92. The van der Waals surface area contributed by atoms with Crippen molar-refractivity contribution in [1.82, 2.24) is 4.31 Å². The molecule has 0 aliphatic carbocycles. The van der Waals surface area contributed by atoms with Crippen LogP contribution in [0.25, 0.3) is 0 Å². The predicted molar refractivity (Wildman–Crippen MR) is 105 cm³/mol. The van der Waals surface area contributed by atoms with Crippen LogP contribution in [-0.4, -0.2) is 33.2 Å². The summed E-state index contributed by atoms with van der Waals surface area (Å²) < 4.78 is 68.3. The third kappa shape index (κ3) is 4.06. The summed E-state index contributed by atoms with van der Waals surface area (Å²) in [6.07, 6.45) is 2.61. The van der Waals surface area contributed by atoms with Gasteiger partial charge in [0.25, 0.3) is 10.0 Å². The largest absolute Gasteiger partial charge is 0.280 e. The third-order valence-corrected chi connectivity index (χ3v) is 8.48. The van der Waals surface area contributed by atoms with E-state index in [1.165, 1.54) is 40.7 Å². The Bertz CT molecular complexity index is 1040. The van der Waals surface area contributed by atoms with Crippen LogP contribution in [0.1, 0.15) is 33.1 Å². The van der Waals surface area contributed by atoms with Crippen molar-refractivity contribution in [3.8, 4) is 0 Å². The second kappa shape index (κ2) is 7.81. The molecule has 2 aromatic carbocycles. The number of halogens is 1. The maximum Gasteiger partial charge on any atom is 0.264 e. The first-order valence-electron chi connectivity index (χ1n) is 9.04. The van der Waals surface area contributed by atoms with Gasteiger partial charge >= 0.3 is 0 Å². The molecule has 0 saturated carbocycles. The maximum absolute atomic E-state index is 13.8. The summed E-state index contributed by atoms with van der Waals surface area (Å²) in [7, 11) is -7.80.